The number of hydrogen-bond donors (Lipinski definition) is 2. The van der Waals surface area contributed by atoms with Crippen molar-refractivity contribution in [3.63, 3.8) is 0 Å². The van der Waals surface area contributed by atoms with Gasteiger partial charge in [-0.25, -0.2) is 9.97 Å². The van der Waals surface area contributed by atoms with Crippen molar-refractivity contribution >= 4 is 23.1 Å². The van der Waals surface area contributed by atoms with Crippen molar-refractivity contribution in [1.82, 2.24) is 9.97 Å². The van der Waals surface area contributed by atoms with E-state index < -0.39 is 5.91 Å². The van der Waals surface area contributed by atoms with Crippen molar-refractivity contribution in [2.45, 2.75) is 6.92 Å². The van der Waals surface area contributed by atoms with Gasteiger partial charge in [-0.2, -0.15) is 11.3 Å². The van der Waals surface area contributed by atoms with Gasteiger partial charge in [-0.05, 0) is 17.9 Å². The molecule has 0 aliphatic rings. The van der Waals surface area contributed by atoms with Gasteiger partial charge in [-0.1, -0.05) is 0 Å². The number of carbonyl (C=O) groups excluding carboxylic acids is 1. The highest BCUT2D eigenvalue weighted by Crippen LogP contribution is 2.24. The monoisotopic (exact) mass is 234 g/mol. The van der Waals surface area contributed by atoms with E-state index in [1.807, 2.05) is 17.7 Å². The van der Waals surface area contributed by atoms with Gasteiger partial charge < -0.3 is 11.5 Å². The van der Waals surface area contributed by atoms with E-state index in [4.69, 9.17) is 11.5 Å². The molecule has 16 heavy (non-hydrogen) atoms. The van der Waals surface area contributed by atoms with Crippen LogP contribution in [0.1, 0.15) is 15.9 Å². The molecule has 2 heterocycles. The molecule has 0 aliphatic carbocycles. The fourth-order valence-electron chi connectivity index (χ4n) is 1.30. The summed E-state index contributed by atoms with van der Waals surface area (Å²) in [5, 5.41) is 3.94. The van der Waals surface area contributed by atoms with Crippen molar-refractivity contribution < 1.29 is 4.79 Å². The number of nitrogens with two attached hydrogens (primary N) is 2. The van der Waals surface area contributed by atoms with Gasteiger partial charge in [-0.3, -0.25) is 4.79 Å². The van der Waals surface area contributed by atoms with Crippen LogP contribution in [-0.2, 0) is 0 Å². The minimum atomic E-state index is -0.619. The zero-order valence-electron chi connectivity index (χ0n) is 8.60. The average Bonchev–Trinajstić information content (AvgIpc) is 2.63. The Hall–Kier alpha value is -1.95. The van der Waals surface area contributed by atoms with E-state index >= 15 is 0 Å². The predicted octanol–water partition coefficient (Wildman–Crippen LogP) is 1.19. The first-order valence-electron chi connectivity index (χ1n) is 4.55. The van der Waals surface area contributed by atoms with Crippen LogP contribution in [0.2, 0.25) is 0 Å². The van der Waals surface area contributed by atoms with Crippen LogP contribution in [0.15, 0.2) is 17.0 Å². The average molecular weight is 234 g/mol. The largest absolute Gasteiger partial charge is 0.383 e. The number of hydrogen-bond acceptors (Lipinski definition) is 5. The maximum atomic E-state index is 11.0. The molecule has 0 saturated carbocycles. The Morgan fingerprint density at radius 3 is 2.69 bits per heavy atom. The number of anilines is 1. The summed E-state index contributed by atoms with van der Waals surface area (Å²) in [6.07, 6.45) is 1.36. The van der Waals surface area contributed by atoms with Gasteiger partial charge in [0.25, 0.3) is 5.91 Å². The van der Waals surface area contributed by atoms with Gasteiger partial charge in [0.05, 0.1) is 5.56 Å². The Bertz CT molecular complexity index is 550. The second kappa shape index (κ2) is 3.90. The Labute approximate surface area is 96.1 Å². The Balaban J connectivity index is 2.50. The molecule has 2 aromatic rings. The van der Waals surface area contributed by atoms with Gasteiger partial charge in [0, 0.05) is 17.1 Å². The smallest absolute Gasteiger partial charge is 0.254 e. The van der Waals surface area contributed by atoms with E-state index in [2.05, 4.69) is 9.97 Å². The molecule has 0 unspecified atom stereocenters. The summed E-state index contributed by atoms with van der Waals surface area (Å²) in [5.41, 5.74) is 12.9. The van der Waals surface area contributed by atoms with Gasteiger partial charge in [0.2, 0.25) is 0 Å². The van der Waals surface area contributed by atoms with Crippen LogP contribution >= 0.6 is 11.3 Å². The first kappa shape index (κ1) is 10.6. The van der Waals surface area contributed by atoms with Gasteiger partial charge in [0.1, 0.15) is 5.82 Å². The molecule has 82 valence electrons. The molecule has 0 aliphatic heterocycles. The van der Waals surface area contributed by atoms with E-state index in [1.54, 1.807) is 11.3 Å². The fourth-order valence-corrected chi connectivity index (χ4v) is 2.13. The highest BCUT2D eigenvalue weighted by atomic mass is 32.1. The number of nitrogen functional groups attached to an aromatic ring is 1. The molecule has 0 bridgehead atoms. The lowest BCUT2D eigenvalue weighted by Crippen LogP contribution is -2.15. The van der Waals surface area contributed by atoms with Crippen molar-refractivity contribution in [3.05, 3.63) is 28.1 Å². The molecule has 0 saturated heterocycles. The molecule has 5 nitrogen and oxygen atoms in total. The number of nitrogens with zero attached hydrogens (tertiary/aromatic N) is 2. The molecule has 2 aromatic heterocycles. The zero-order chi connectivity index (χ0) is 11.7. The van der Waals surface area contributed by atoms with Crippen LogP contribution in [0.25, 0.3) is 11.4 Å². The molecule has 6 heteroatoms. The molecular formula is C10H10N4OS. The predicted molar refractivity (Wildman–Crippen MR) is 63.0 cm³/mol. The summed E-state index contributed by atoms with van der Waals surface area (Å²) >= 11 is 1.56. The fraction of sp³-hybridized carbons (Fsp3) is 0.100. The van der Waals surface area contributed by atoms with Crippen molar-refractivity contribution in [2.24, 2.45) is 5.73 Å². The Morgan fingerprint density at radius 2 is 2.19 bits per heavy atom. The third-order valence-electron chi connectivity index (χ3n) is 2.18. The SMILES string of the molecule is Cc1cscc1-c1ncc(C(N)=O)c(N)n1. The number of aryl methyl sites for hydroxylation is 1. The highest BCUT2D eigenvalue weighted by molar-refractivity contribution is 7.08. The second-order valence-corrected chi connectivity index (χ2v) is 4.07. The van der Waals surface area contributed by atoms with Crippen LogP contribution in [-0.4, -0.2) is 15.9 Å². The molecule has 4 N–H and O–H groups in total. The van der Waals surface area contributed by atoms with Crippen LogP contribution in [0.5, 0.6) is 0 Å². The summed E-state index contributed by atoms with van der Waals surface area (Å²) in [4.78, 5) is 19.1. The van der Waals surface area contributed by atoms with Gasteiger partial charge in [0.15, 0.2) is 5.82 Å². The first-order valence-corrected chi connectivity index (χ1v) is 5.49. The topological polar surface area (TPSA) is 94.9 Å². The second-order valence-electron chi connectivity index (χ2n) is 3.33. The van der Waals surface area contributed by atoms with E-state index in [0.29, 0.717) is 5.82 Å². The minimum absolute atomic E-state index is 0.114. The van der Waals surface area contributed by atoms with Crippen molar-refractivity contribution in [2.75, 3.05) is 5.73 Å². The Kier molecular flexibility index (Phi) is 2.57. The van der Waals surface area contributed by atoms with Crippen molar-refractivity contribution in [1.29, 1.82) is 0 Å². The number of amides is 1. The van der Waals surface area contributed by atoms with Gasteiger partial charge >= 0.3 is 0 Å². The number of carbonyl (C=O) groups is 1. The lowest BCUT2D eigenvalue weighted by atomic mass is 10.2. The summed E-state index contributed by atoms with van der Waals surface area (Å²) < 4.78 is 0. The molecule has 0 fully saturated rings. The number of rotatable bonds is 2. The summed E-state index contributed by atoms with van der Waals surface area (Å²) in [6, 6.07) is 0. The van der Waals surface area contributed by atoms with Crippen LogP contribution < -0.4 is 11.5 Å². The number of aromatic nitrogens is 2. The molecule has 0 radical (unpaired) electrons. The lowest BCUT2D eigenvalue weighted by molar-refractivity contribution is 0.100. The van der Waals surface area contributed by atoms with Crippen LogP contribution in [0.3, 0.4) is 0 Å². The quantitative estimate of drug-likeness (QED) is 0.816. The summed E-state index contributed by atoms with van der Waals surface area (Å²) in [6.45, 7) is 1.97. The third-order valence-corrected chi connectivity index (χ3v) is 3.04. The lowest BCUT2D eigenvalue weighted by Gasteiger charge is -2.03. The maximum absolute atomic E-state index is 11.0. The third kappa shape index (κ3) is 1.74. The summed E-state index contributed by atoms with van der Waals surface area (Å²) in [5.74, 6) is 0.00967. The first-order chi connectivity index (χ1) is 7.59. The van der Waals surface area contributed by atoms with E-state index in [1.165, 1.54) is 6.20 Å². The minimum Gasteiger partial charge on any atom is -0.383 e. The highest BCUT2D eigenvalue weighted by Gasteiger charge is 2.11. The van der Waals surface area contributed by atoms with E-state index in [0.717, 1.165) is 11.1 Å². The maximum Gasteiger partial charge on any atom is 0.254 e. The van der Waals surface area contributed by atoms with Crippen molar-refractivity contribution in [3.8, 4) is 11.4 Å². The zero-order valence-corrected chi connectivity index (χ0v) is 9.41. The van der Waals surface area contributed by atoms with Crippen LogP contribution in [0.4, 0.5) is 5.82 Å². The number of primary amides is 1. The summed E-state index contributed by atoms with van der Waals surface area (Å²) in [7, 11) is 0. The van der Waals surface area contributed by atoms with Crippen LogP contribution in [0, 0.1) is 6.92 Å². The molecule has 0 atom stereocenters. The molecule has 0 spiro atoms. The Morgan fingerprint density at radius 1 is 1.44 bits per heavy atom. The van der Waals surface area contributed by atoms with Gasteiger partial charge in [-0.15, -0.1) is 0 Å². The standard InChI is InChI=1S/C10H10N4OS/c1-5-3-16-4-7(5)10-13-2-6(9(12)15)8(11)14-10/h2-4H,1H3,(H2,12,15)(H2,11,13,14). The normalized spacial score (nSPS) is 10.3. The molecule has 2 rings (SSSR count). The molecule has 1 amide bonds. The van der Waals surface area contributed by atoms with E-state index in [-0.39, 0.29) is 11.4 Å². The molecular weight excluding hydrogens is 224 g/mol. The number of thiophene rings is 1. The molecule has 0 aromatic carbocycles. The van der Waals surface area contributed by atoms with E-state index in [9.17, 15) is 4.79 Å².